The Morgan fingerprint density at radius 2 is 2.14 bits per heavy atom. The number of fused-ring (bicyclic) bond motifs is 1. The minimum absolute atomic E-state index is 0.523. The number of nitrogens with one attached hydrogen (secondary N) is 1. The Labute approximate surface area is 128 Å². The summed E-state index contributed by atoms with van der Waals surface area (Å²) in [6.07, 6.45) is 3.92. The van der Waals surface area contributed by atoms with Gasteiger partial charge in [0.2, 0.25) is 0 Å². The predicted molar refractivity (Wildman–Crippen MR) is 86.5 cm³/mol. The first-order valence-corrected chi connectivity index (χ1v) is 8.68. The van der Waals surface area contributed by atoms with E-state index in [9.17, 15) is 0 Å². The summed E-state index contributed by atoms with van der Waals surface area (Å²) in [6, 6.07) is 0. The molecule has 2 aliphatic heterocycles. The third-order valence-electron chi connectivity index (χ3n) is 5.16. The summed E-state index contributed by atoms with van der Waals surface area (Å²) in [7, 11) is 0. The van der Waals surface area contributed by atoms with Gasteiger partial charge in [0.05, 0.1) is 5.69 Å². The molecule has 4 nitrogen and oxygen atoms in total. The molecular weight excluding hydrogens is 260 g/mol. The first-order chi connectivity index (χ1) is 10.2. The molecule has 118 valence electrons. The van der Waals surface area contributed by atoms with Gasteiger partial charge in [-0.15, -0.1) is 0 Å². The standard InChI is InChI=1S/C17H30N4/c1-4-20-8-5-6-14(10-20)11-21-9-7-16-15(12-21)17(13(2)3)19-18-16/h13-14H,4-12H2,1-3H3,(H,18,19). The lowest BCUT2D eigenvalue weighted by Gasteiger charge is -2.36. The lowest BCUT2D eigenvalue weighted by Crippen LogP contribution is -2.42. The van der Waals surface area contributed by atoms with Crippen LogP contribution in [0.3, 0.4) is 0 Å². The van der Waals surface area contributed by atoms with Crippen LogP contribution in [0.15, 0.2) is 0 Å². The van der Waals surface area contributed by atoms with E-state index in [2.05, 4.69) is 40.8 Å². The normalized spacial score (nSPS) is 24.5. The number of aromatic amines is 1. The van der Waals surface area contributed by atoms with Crippen molar-refractivity contribution in [3.63, 3.8) is 0 Å². The highest BCUT2D eigenvalue weighted by Gasteiger charge is 2.26. The van der Waals surface area contributed by atoms with Crippen molar-refractivity contribution in [3.8, 4) is 0 Å². The Kier molecular flexibility index (Phi) is 4.65. The first-order valence-electron chi connectivity index (χ1n) is 8.68. The van der Waals surface area contributed by atoms with E-state index in [0.717, 1.165) is 18.9 Å². The second-order valence-corrected chi connectivity index (χ2v) is 7.11. The number of likely N-dealkylation sites (tertiary alicyclic amines) is 1. The third-order valence-corrected chi connectivity index (χ3v) is 5.16. The van der Waals surface area contributed by atoms with Gasteiger partial charge in [-0.05, 0) is 37.8 Å². The highest BCUT2D eigenvalue weighted by molar-refractivity contribution is 5.29. The van der Waals surface area contributed by atoms with Crippen LogP contribution in [-0.2, 0) is 13.0 Å². The monoisotopic (exact) mass is 290 g/mol. The molecular formula is C17H30N4. The van der Waals surface area contributed by atoms with E-state index in [0.29, 0.717) is 5.92 Å². The number of rotatable bonds is 4. The van der Waals surface area contributed by atoms with Crippen LogP contribution in [0.4, 0.5) is 0 Å². The molecule has 1 fully saturated rings. The minimum atomic E-state index is 0.523. The zero-order chi connectivity index (χ0) is 14.8. The van der Waals surface area contributed by atoms with E-state index >= 15 is 0 Å². The summed E-state index contributed by atoms with van der Waals surface area (Å²) in [5, 5.41) is 7.81. The average molecular weight is 290 g/mol. The maximum Gasteiger partial charge on any atom is 0.0695 e. The van der Waals surface area contributed by atoms with Crippen LogP contribution >= 0.6 is 0 Å². The topological polar surface area (TPSA) is 35.2 Å². The smallest absolute Gasteiger partial charge is 0.0695 e. The molecule has 1 aromatic rings. The van der Waals surface area contributed by atoms with E-state index in [1.54, 1.807) is 0 Å². The van der Waals surface area contributed by atoms with Gasteiger partial charge in [0.1, 0.15) is 0 Å². The van der Waals surface area contributed by atoms with E-state index in [4.69, 9.17) is 0 Å². The van der Waals surface area contributed by atoms with Gasteiger partial charge in [0.25, 0.3) is 0 Å². The average Bonchev–Trinajstić information content (AvgIpc) is 2.91. The van der Waals surface area contributed by atoms with Crippen molar-refractivity contribution in [1.82, 2.24) is 20.0 Å². The first kappa shape index (κ1) is 15.0. The van der Waals surface area contributed by atoms with Gasteiger partial charge >= 0.3 is 0 Å². The molecule has 1 saturated heterocycles. The van der Waals surface area contributed by atoms with Gasteiger partial charge in [0.15, 0.2) is 0 Å². The lowest BCUT2D eigenvalue weighted by atomic mass is 9.95. The van der Waals surface area contributed by atoms with Crippen molar-refractivity contribution in [2.45, 2.75) is 52.5 Å². The number of piperidine rings is 1. The number of H-pyrrole nitrogens is 1. The summed E-state index contributed by atoms with van der Waals surface area (Å²) in [5.41, 5.74) is 4.15. The Hall–Kier alpha value is -0.870. The fraction of sp³-hybridized carbons (Fsp3) is 0.824. The molecule has 0 aromatic carbocycles. The van der Waals surface area contributed by atoms with Crippen molar-refractivity contribution in [1.29, 1.82) is 0 Å². The van der Waals surface area contributed by atoms with Crippen LogP contribution in [0, 0.1) is 5.92 Å². The predicted octanol–water partition coefficient (Wildman–Crippen LogP) is 2.62. The zero-order valence-electron chi connectivity index (χ0n) is 13.9. The van der Waals surface area contributed by atoms with Crippen molar-refractivity contribution < 1.29 is 0 Å². The second kappa shape index (κ2) is 6.49. The van der Waals surface area contributed by atoms with E-state index in [1.165, 1.54) is 62.5 Å². The fourth-order valence-corrected chi connectivity index (χ4v) is 3.96. The summed E-state index contributed by atoms with van der Waals surface area (Å²) < 4.78 is 0. The zero-order valence-corrected chi connectivity index (χ0v) is 13.9. The fourth-order valence-electron chi connectivity index (χ4n) is 3.96. The largest absolute Gasteiger partial charge is 0.303 e. The van der Waals surface area contributed by atoms with Crippen molar-refractivity contribution >= 4 is 0 Å². The molecule has 0 amide bonds. The second-order valence-electron chi connectivity index (χ2n) is 7.11. The maximum atomic E-state index is 4.54. The Bertz CT molecular complexity index is 465. The molecule has 21 heavy (non-hydrogen) atoms. The van der Waals surface area contributed by atoms with Gasteiger partial charge in [-0.1, -0.05) is 20.8 Å². The molecule has 3 rings (SSSR count). The summed E-state index contributed by atoms with van der Waals surface area (Å²) >= 11 is 0. The van der Waals surface area contributed by atoms with Crippen molar-refractivity contribution in [2.24, 2.45) is 5.92 Å². The Morgan fingerprint density at radius 1 is 1.29 bits per heavy atom. The molecule has 0 bridgehead atoms. The van der Waals surface area contributed by atoms with Gasteiger partial charge in [-0.25, -0.2) is 0 Å². The molecule has 2 aliphatic rings. The molecule has 0 aliphatic carbocycles. The van der Waals surface area contributed by atoms with Crippen LogP contribution in [0.1, 0.15) is 56.5 Å². The molecule has 1 atom stereocenters. The summed E-state index contributed by atoms with van der Waals surface area (Å²) in [4.78, 5) is 5.27. The quantitative estimate of drug-likeness (QED) is 0.926. The molecule has 1 aromatic heterocycles. The molecule has 0 spiro atoms. The molecule has 1 unspecified atom stereocenters. The molecule has 3 heterocycles. The van der Waals surface area contributed by atoms with E-state index in [-0.39, 0.29) is 0 Å². The number of nitrogens with zero attached hydrogens (tertiary/aromatic N) is 3. The number of aromatic nitrogens is 2. The molecule has 0 radical (unpaired) electrons. The summed E-state index contributed by atoms with van der Waals surface area (Å²) in [6.45, 7) is 14.1. The van der Waals surface area contributed by atoms with E-state index in [1.807, 2.05) is 0 Å². The third kappa shape index (κ3) is 3.32. The lowest BCUT2D eigenvalue weighted by molar-refractivity contribution is 0.130. The number of hydrogen-bond acceptors (Lipinski definition) is 3. The summed E-state index contributed by atoms with van der Waals surface area (Å²) in [5.74, 6) is 1.38. The van der Waals surface area contributed by atoms with E-state index < -0.39 is 0 Å². The van der Waals surface area contributed by atoms with Gasteiger partial charge in [-0.2, -0.15) is 5.10 Å². The maximum absolute atomic E-state index is 4.54. The molecule has 0 saturated carbocycles. The van der Waals surface area contributed by atoms with Crippen molar-refractivity contribution in [3.05, 3.63) is 17.0 Å². The van der Waals surface area contributed by atoms with Crippen LogP contribution in [0.2, 0.25) is 0 Å². The van der Waals surface area contributed by atoms with Gasteiger partial charge in [0, 0.05) is 43.9 Å². The van der Waals surface area contributed by atoms with Gasteiger partial charge in [-0.3, -0.25) is 10.00 Å². The molecule has 4 heteroatoms. The van der Waals surface area contributed by atoms with Crippen molar-refractivity contribution in [2.75, 3.05) is 32.7 Å². The SMILES string of the molecule is CCN1CCCC(CN2CCc3[nH]nc(C(C)C)c3C2)C1. The highest BCUT2D eigenvalue weighted by Crippen LogP contribution is 2.27. The van der Waals surface area contributed by atoms with Crippen LogP contribution < -0.4 is 0 Å². The highest BCUT2D eigenvalue weighted by atomic mass is 15.2. The number of hydrogen-bond donors (Lipinski definition) is 1. The van der Waals surface area contributed by atoms with Gasteiger partial charge < -0.3 is 4.90 Å². The minimum Gasteiger partial charge on any atom is -0.303 e. The Morgan fingerprint density at radius 3 is 2.90 bits per heavy atom. The van der Waals surface area contributed by atoms with Crippen LogP contribution in [0.25, 0.3) is 0 Å². The Balaban J connectivity index is 1.62. The molecule has 1 N–H and O–H groups in total. The van der Waals surface area contributed by atoms with Crippen LogP contribution in [-0.4, -0.2) is 52.7 Å². The van der Waals surface area contributed by atoms with Crippen LogP contribution in [0.5, 0.6) is 0 Å².